The predicted octanol–water partition coefficient (Wildman–Crippen LogP) is 3.72. The van der Waals surface area contributed by atoms with Crippen LogP contribution >= 0.6 is 19.4 Å². The number of hydrogen-bond acceptors (Lipinski definition) is 10. The number of aliphatic hydroxyl groups excluding tert-OH is 1. The zero-order valence-corrected chi connectivity index (χ0v) is 20.9. The van der Waals surface area contributed by atoms with Crippen LogP contribution < -0.4 is 5.73 Å². The van der Waals surface area contributed by atoms with E-state index in [1.807, 2.05) is 0 Å². The molecule has 0 radical (unpaired) electrons. The van der Waals surface area contributed by atoms with Gasteiger partial charge in [-0.05, 0) is 44.5 Å². The van der Waals surface area contributed by atoms with E-state index in [1.54, 1.807) is 50.4 Å². The lowest BCUT2D eigenvalue weighted by atomic mass is 9.96. The Balaban J connectivity index is 1.43. The summed E-state index contributed by atoms with van der Waals surface area (Å²) in [5, 5.41) is 23.1. The number of aliphatic hydroxyl groups is 2. The summed E-state index contributed by atoms with van der Waals surface area (Å²) in [4.78, 5) is 8.15. The molecule has 2 saturated heterocycles. The number of rotatable bonds is 4. The van der Waals surface area contributed by atoms with Crippen molar-refractivity contribution in [2.45, 2.75) is 63.1 Å². The SMILES string of the molecule is CC1(C)C[C@@H](c2cccc(Cl)c2)O[P@@](=O)(OC2O[C@@H](n3ccc4c(N)ncnc43)[C@](C)(O)[C@@H]2O)O1. The highest BCUT2D eigenvalue weighted by atomic mass is 35.5. The zero-order valence-electron chi connectivity index (χ0n) is 19.2. The maximum absolute atomic E-state index is 13.7. The second kappa shape index (κ2) is 8.50. The fourth-order valence-electron chi connectivity index (χ4n) is 4.43. The molecule has 5 rings (SSSR count). The normalized spacial score (nSPS) is 34.9. The summed E-state index contributed by atoms with van der Waals surface area (Å²) in [6, 6.07) is 8.66. The number of nitrogens with two attached hydrogens (primary N) is 1. The lowest BCUT2D eigenvalue weighted by Crippen LogP contribution is -2.44. The molecule has 4 heterocycles. The van der Waals surface area contributed by atoms with Crippen molar-refractivity contribution in [1.82, 2.24) is 14.5 Å². The Labute approximate surface area is 206 Å². The van der Waals surface area contributed by atoms with E-state index >= 15 is 0 Å². The highest BCUT2D eigenvalue weighted by Gasteiger charge is 2.57. The molecule has 1 aromatic carbocycles. The molecule has 0 spiro atoms. The third kappa shape index (κ3) is 4.47. The van der Waals surface area contributed by atoms with Crippen molar-refractivity contribution in [2.24, 2.45) is 0 Å². The van der Waals surface area contributed by atoms with Crippen molar-refractivity contribution < 1.29 is 33.1 Å². The third-order valence-corrected chi connectivity index (χ3v) is 8.09. The molecule has 2 aliphatic heterocycles. The fraction of sp³-hybridized carbons (Fsp3) is 0.455. The maximum atomic E-state index is 13.7. The standard InChI is InChI=1S/C22H26ClN4O7P/c1-21(2)10-15(12-5-4-6-13(23)9-12)32-35(30,34-21)33-19-16(28)22(3,29)20(31-19)27-8-7-14-17(24)25-11-26-18(14)27/h4-9,11,15-16,19-20,28-29H,10H2,1-3H3,(H2,24,25,26)/t15-,16+,19?,20+,22+,35-/m0/s1. The molecule has 0 saturated carbocycles. The predicted molar refractivity (Wildman–Crippen MR) is 126 cm³/mol. The first-order chi connectivity index (χ1) is 16.4. The number of hydrogen-bond donors (Lipinski definition) is 3. The molecule has 35 heavy (non-hydrogen) atoms. The molecule has 6 atom stereocenters. The van der Waals surface area contributed by atoms with Crippen LogP contribution in [-0.4, -0.2) is 48.3 Å². The Morgan fingerprint density at radius 1 is 1.29 bits per heavy atom. The molecule has 0 aliphatic carbocycles. The fourth-order valence-corrected chi connectivity index (χ4v) is 6.37. The van der Waals surface area contributed by atoms with Gasteiger partial charge in [-0.2, -0.15) is 0 Å². The molecule has 2 aromatic heterocycles. The molecule has 0 bridgehead atoms. The van der Waals surface area contributed by atoms with Gasteiger partial charge in [0.2, 0.25) is 6.29 Å². The molecule has 188 valence electrons. The van der Waals surface area contributed by atoms with E-state index in [2.05, 4.69) is 9.97 Å². The number of fused-ring (bicyclic) bond motifs is 1. The van der Waals surface area contributed by atoms with Crippen LogP contribution in [0, 0.1) is 0 Å². The van der Waals surface area contributed by atoms with E-state index in [1.165, 1.54) is 17.8 Å². The summed E-state index contributed by atoms with van der Waals surface area (Å²) >= 11 is 6.12. The summed E-state index contributed by atoms with van der Waals surface area (Å²) in [7, 11) is -4.27. The monoisotopic (exact) mass is 524 g/mol. The van der Waals surface area contributed by atoms with Crippen LogP contribution in [0.2, 0.25) is 5.02 Å². The van der Waals surface area contributed by atoms with Gasteiger partial charge in [0.15, 0.2) is 6.23 Å². The first-order valence-electron chi connectivity index (χ1n) is 10.9. The van der Waals surface area contributed by atoms with Gasteiger partial charge in [-0.1, -0.05) is 23.7 Å². The quantitative estimate of drug-likeness (QED) is 0.431. The molecule has 13 heteroatoms. The van der Waals surface area contributed by atoms with Crippen LogP contribution in [0.25, 0.3) is 11.0 Å². The minimum absolute atomic E-state index is 0.252. The third-order valence-electron chi connectivity index (χ3n) is 6.16. The Morgan fingerprint density at radius 2 is 2.06 bits per heavy atom. The van der Waals surface area contributed by atoms with Crippen LogP contribution in [0.3, 0.4) is 0 Å². The van der Waals surface area contributed by atoms with Gasteiger partial charge in [0, 0.05) is 17.6 Å². The number of anilines is 1. The number of phosphoric ester groups is 1. The average Bonchev–Trinajstić information content (AvgIpc) is 3.27. The highest BCUT2D eigenvalue weighted by Crippen LogP contribution is 2.63. The second-order valence-electron chi connectivity index (χ2n) is 9.50. The van der Waals surface area contributed by atoms with Crippen molar-refractivity contribution in [2.75, 3.05) is 5.73 Å². The number of nitrogens with zero attached hydrogens (tertiary/aromatic N) is 3. The van der Waals surface area contributed by atoms with Crippen molar-refractivity contribution >= 4 is 36.3 Å². The van der Waals surface area contributed by atoms with Crippen molar-refractivity contribution in [3.63, 3.8) is 0 Å². The van der Waals surface area contributed by atoms with Crippen LogP contribution in [0.15, 0.2) is 42.9 Å². The number of aromatic nitrogens is 3. The minimum atomic E-state index is -4.27. The molecule has 4 N–H and O–H groups in total. The van der Waals surface area contributed by atoms with Gasteiger partial charge < -0.3 is 25.3 Å². The van der Waals surface area contributed by atoms with Gasteiger partial charge in [0.05, 0.1) is 17.1 Å². The summed E-state index contributed by atoms with van der Waals surface area (Å²) in [5.74, 6) is 0.252. The second-order valence-corrected chi connectivity index (χ2v) is 11.4. The Kier molecular flexibility index (Phi) is 5.98. The van der Waals surface area contributed by atoms with E-state index < -0.39 is 43.8 Å². The van der Waals surface area contributed by atoms with Crippen LogP contribution in [-0.2, 0) is 22.9 Å². The first kappa shape index (κ1) is 24.6. The Hall–Kier alpha value is -2.08. The average molecular weight is 525 g/mol. The molecular weight excluding hydrogens is 499 g/mol. The summed E-state index contributed by atoms with van der Waals surface area (Å²) in [6.45, 7) is 4.88. The molecule has 2 fully saturated rings. The molecule has 2 aliphatic rings. The molecular formula is C22H26ClN4O7P. The van der Waals surface area contributed by atoms with Gasteiger partial charge in [-0.15, -0.1) is 0 Å². The molecule has 3 aromatic rings. The molecule has 1 unspecified atom stereocenters. The van der Waals surface area contributed by atoms with Gasteiger partial charge in [0.1, 0.15) is 29.5 Å². The van der Waals surface area contributed by atoms with Gasteiger partial charge in [-0.25, -0.2) is 14.5 Å². The summed E-state index contributed by atoms with van der Waals surface area (Å²) < 4.78 is 38.1. The Morgan fingerprint density at radius 3 is 2.80 bits per heavy atom. The minimum Gasteiger partial charge on any atom is -0.385 e. The van der Waals surface area contributed by atoms with Crippen LogP contribution in [0.1, 0.15) is 45.1 Å². The molecule has 0 amide bonds. The number of benzene rings is 1. The summed E-state index contributed by atoms with van der Waals surface area (Å²) in [5.41, 5.74) is 4.25. The molecule has 11 nitrogen and oxygen atoms in total. The van der Waals surface area contributed by atoms with E-state index in [9.17, 15) is 14.8 Å². The van der Waals surface area contributed by atoms with E-state index in [0.29, 0.717) is 28.0 Å². The van der Waals surface area contributed by atoms with E-state index in [0.717, 1.165) is 0 Å². The lowest BCUT2D eigenvalue weighted by Gasteiger charge is -2.39. The number of ether oxygens (including phenoxy) is 1. The van der Waals surface area contributed by atoms with Crippen molar-refractivity contribution in [3.8, 4) is 0 Å². The van der Waals surface area contributed by atoms with Gasteiger partial charge >= 0.3 is 7.82 Å². The van der Waals surface area contributed by atoms with Crippen molar-refractivity contribution in [1.29, 1.82) is 0 Å². The van der Waals surface area contributed by atoms with E-state index in [-0.39, 0.29) is 5.82 Å². The van der Waals surface area contributed by atoms with Crippen molar-refractivity contribution in [3.05, 3.63) is 53.4 Å². The topological polar surface area (TPSA) is 151 Å². The van der Waals surface area contributed by atoms with Gasteiger partial charge in [0.25, 0.3) is 0 Å². The van der Waals surface area contributed by atoms with Crippen LogP contribution in [0.4, 0.5) is 5.82 Å². The number of nitrogen functional groups attached to an aromatic ring is 1. The number of phosphoric acid groups is 1. The first-order valence-corrected chi connectivity index (χ1v) is 12.8. The Bertz CT molecular complexity index is 1320. The zero-order chi connectivity index (χ0) is 25.2. The maximum Gasteiger partial charge on any atom is 0.478 e. The lowest BCUT2D eigenvalue weighted by molar-refractivity contribution is -0.156. The van der Waals surface area contributed by atoms with E-state index in [4.69, 9.17) is 35.6 Å². The smallest absolute Gasteiger partial charge is 0.385 e. The summed E-state index contributed by atoms with van der Waals surface area (Å²) in [6.07, 6.45) is -1.68. The largest absolute Gasteiger partial charge is 0.478 e. The van der Waals surface area contributed by atoms with Crippen LogP contribution in [0.5, 0.6) is 0 Å². The van der Waals surface area contributed by atoms with Gasteiger partial charge in [-0.3, -0.25) is 13.6 Å². The number of halogens is 1. The highest BCUT2D eigenvalue weighted by molar-refractivity contribution is 7.48.